The average Bonchev–Trinajstić information content (AvgIpc) is 2.42. The molecular formula is C17H25NO. The molecule has 2 aliphatic carbocycles. The first-order chi connectivity index (χ1) is 9.22. The zero-order chi connectivity index (χ0) is 13.4. The van der Waals surface area contributed by atoms with E-state index in [1.807, 2.05) is 0 Å². The highest BCUT2D eigenvalue weighted by Gasteiger charge is 2.42. The Bertz CT molecular complexity index is 423. The lowest BCUT2D eigenvalue weighted by atomic mass is 9.66. The molecule has 0 bridgehead atoms. The minimum absolute atomic E-state index is 0.274. The summed E-state index contributed by atoms with van der Waals surface area (Å²) in [6.07, 6.45) is 12.2. The Kier molecular flexibility index (Phi) is 3.51. The van der Waals surface area contributed by atoms with Gasteiger partial charge in [0, 0.05) is 36.5 Å². The van der Waals surface area contributed by atoms with Crippen molar-refractivity contribution in [2.75, 3.05) is 6.54 Å². The standard InChI is InChI=1S/C17H25NO/c1-3-11-18-12(2)7-8-14-13-5-4-6-17(19)15(13)9-10-16(14)18/h4-5,10,12-15H,3,6-9,11H2,1-2H3/t12?,13?,14-,15?/m0/s1. The Morgan fingerprint density at radius 3 is 2.95 bits per heavy atom. The molecule has 3 unspecified atom stereocenters. The van der Waals surface area contributed by atoms with Crippen LogP contribution in [0.5, 0.6) is 0 Å². The number of nitrogens with zero attached hydrogens (tertiary/aromatic N) is 1. The molecule has 2 heteroatoms. The van der Waals surface area contributed by atoms with Gasteiger partial charge in [-0.3, -0.25) is 4.79 Å². The number of ketones is 1. The van der Waals surface area contributed by atoms with Gasteiger partial charge < -0.3 is 4.90 Å². The highest BCUT2D eigenvalue weighted by Crippen LogP contribution is 2.46. The van der Waals surface area contributed by atoms with Crippen molar-refractivity contribution >= 4 is 5.78 Å². The fraction of sp³-hybridized carbons (Fsp3) is 0.706. The molecule has 4 atom stereocenters. The van der Waals surface area contributed by atoms with E-state index in [0.717, 1.165) is 6.42 Å². The molecule has 19 heavy (non-hydrogen) atoms. The van der Waals surface area contributed by atoms with Gasteiger partial charge in [-0.15, -0.1) is 0 Å². The zero-order valence-corrected chi connectivity index (χ0v) is 12.1. The van der Waals surface area contributed by atoms with E-state index in [2.05, 4.69) is 37.0 Å². The fourth-order valence-corrected chi connectivity index (χ4v) is 4.23. The number of allylic oxidation sites excluding steroid dienone is 4. The van der Waals surface area contributed by atoms with Gasteiger partial charge in [-0.05, 0) is 38.5 Å². The molecule has 0 N–H and O–H groups in total. The van der Waals surface area contributed by atoms with E-state index in [9.17, 15) is 4.79 Å². The minimum Gasteiger partial charge on any atom is -0.372 e. The summed E-state index contributed by atoms with van der Waals surface area (Å²) in [7, 11) is 0. The van der Waals surface area contributed by atoms with Crippen LogP contribution in [0.15, 0.2) is 23.9 Å². The van der Waals surface area contributed by atoms with Crippen LogP contribution in [0.4, 0.5) is 0 Å². The number of Topliss-reactive ketones (excluding diaryl/α,β-unsaturated/α-hetero) is 1. The Hall–Kier alpha value is -1.05. The van der Waals surface area contributed by atoms with Gasteiger partial charge in [-0.25, -0.2) is 0 Å². The van der Waals surface area contributed by atoms with Crippen molar-refractivity contribution in [2.45, 2.75) is 52.0 Å². The maximum atomic E-state index is 12.1. The van der Waals surface area contributed by atoms with Crippen LogP contribution in [0, 0.1) is 17.8 Å². The summed E-state index contributed by atoms with van der Waals surface area (Å²) < 4.78 is 0. The molecule has 0 aromatic carbocycles. The summed E-state index contributed by atoms with van der Waals surface area (Å²) in [6, 6.07) is 0.669. The minimum atomic E-state index is 0.274. The monoisotopic (exact) mass is 259 g/mol. The van der Waals surface area contributed by atoms with Crippen molar-refractivity contribution < 1.29 is 4.79 Å². The van der Waals surface area contributed by atoms with E-state index in [-0.39, 0.29) is 5.92 Å². The van der Waals surface area contributed by atoms with Gasteiger partial charge in [-0.1, -0.05) is 25.2 Å². The molecule has 0 radical (unpaired) electrons. The summed E-state index contributed by atoms with van der Waals surface area (Å²) in [5, 5.41) is 0. The predicted molar refractivity (Wildman–Crippen MR) is 77.6 cm³/mol. The van der Waals surface area contributed by atoms with E-state index in [0.29, 0.717) is 30.1 Å². The van der Waals surface area contributed by atoms with E-state index < -0.39 is 0 Å². The van der Waals surface area contributed by atoms with Crippen molar-refractivity contribution in [2.24, 2.45) is 17.8 Å². The lowest BCUT2D eigenvalue weighted by Gasteiger charge is -2.48. The Labute approximate surface area is 116 Å². The van der Waals surface area contributed by atoms with Crippen LogP contribution in [0.25, 0.3) is 0 Å². The van der Waals surface area contributed by atoms with Crippen molar-refractivity contribution in [1.29, 1.82) is 0 Å². The second kappa shape index (κ2) is 5.15. The molecule has 1 saturated heterocycles. The van der Waals surface area contributed by atoms with E-state index >= 15 is 0 Å². The number of carbonyl (C=O) groups excluding carboxylic acids is 1. The second-order valence-electron chi connectivity index (χ2n) is 6.37. The maximum Gasteiger partial charge on any atom is 0.140 e. The number of hydrogen-bond acceptors (Lipinski definition) is 2. The molecule has 1 heterocycles. The molecule has 2 nitrogen and oxygen atoms in total. The SMILES string of the molecule is CCCN1C2=CCC3C(=O)CC=CC3[C@@H]2CCC1C. The van der Waals surface area contributed by atoms with Crippen LogP contribution in [0.3, 0.4) is 0 Å². The quantitative estimate of drug-likeness (QED) is 0.707. The first-order valence-electron chi connectivity index (χ1n) is 7.88. The van der Waals surface area contributed by atoms with Gasteiger partial charge in [0.1, 0.15) is 5.78 Å². The lowest BCUT2D eigenvalue weighted by molar-refractivity contribution is -0.124. The topological polar surface area (TPSA) is 20.3 Å². The van der Waals surface area contributed by atoms with Crippen molar-refractivity contribution in [1.82, 2.24) is 4.90 Å². The lowest BCUT2D eigenvalue weighted by Crippen LogP contribution is -2.46. The van der Waals surface area contributed by atoms with E-state index in [4.69, 9.17) is 0 Å². The molecule has 3 aliphatic rings. The summed E-state index contributed by atoms with van der Waals surface area (Å²) in [4.78, 5) is 14.7. The van der Waals surface area contributed by atoms with Crippen molar-refractivity contribution in [3.63, 3.8) is 0 Å². The third kappa shape index (κ3) is 2.15. The summed E-state index contributed by atoms with van der Waals surface area (Å²) >= 11 is 0. The summed E-state index contributed by atoms with van der Waals surface area (Å²) in [6.45, 7) is 5.77. The fourth-order valence-electron chi connectivity index (χ4n) is 4.23. The number of likely N-dealkylation sites (tertiary alicyclic amines) is 1. The number of hydrogen-bond donors (Lipinski definition) is 0. The Morgan fingerprint density at radius 1 is 1.32 bits per heavy atom. The van der Waals surface area contributed by atoms with Gasteiger partial charge >= 0.3 is 0 Å². The number of piperidine rings is 1. The van der Waals surface area contributed by atoms with Crippen LogP contribution in [0.1, 0.15) is 46.0 Å². The third-order valence-corrected chi connectivity index (χ3v) is 5.20. The third-order valence-electron chi connectivity index (χ3n) is 5.20. The van der Waals surface area contributed by atoms with Crippen LogP contribution >= 0.6 is 0 Å². The summed E-state index contributed by atoms with van der Waals surface area (Å²) in [5.74, 6) is 1.81. The molecule has 0 spiro atoms. The largest absolute Gasteiger partial charge is 0.372 e. The highest BCUT2D eigenvalue weighted by atomic mass is 16.1. The van der Waals surface area contributed by atoms with Gasteiger partial charge in [0.05, 0.1) is 0 Å². The van der Waals surface area contributed by atoms with Gasteiger partial charge in [0.15, 0.2) is 0 Å². The highest BCUT2D eigenvalue weighted by molar-refractivity contribution is 5.84. The predicted octanol–water partition coefficient (Wildman–Crippen LogP) is 3.55. The first kappa shape index (κ1) is 13.0. The average molecular weight is 259 g/mol. The van der Waals surface area contributed by atoms with Crippen LogP contribution in [0.2, 0.25) is 0 Å². The normalized spacial score (nSPS) is 37.7. The molecule has 1 fully saturated rings. The Balaban J connectivity index is 1.89. The number of fused-ring (bicyclic) bond motifs is 3. The molecule has 0 aromatic rings. The molecule has 3 rings (SSSR count). The van der Waals surface area contributed by atoms with Crippen LogP contribution < -0.4 is 0 Å². The smallest absolute Gasteiger partial charge is 0.140 e. The van der Waals surface area contributed by atoms with Gasteiger partial charge in [0.25, 0.3) is 0 Å². The van der Waals surface area contributed by atoms with Crippen molar-refractivity contribution in [3.8, 4) is 0 Å². The van der Waals surface area contributed by atoms with Crippen molar-refractivity contribution in [3.05, 3.63) is 23.9 Å². The molecule has 1 aliphatic heterocycles. The maximum absolute atomic E-state index is 12.1. The number of carbonyl (C=O) groups is 1. The van der Waals surface area contributed by atoms with Crippen LogP contribution in [-0.2, 0) is 4.79 Å². The zero-order valence-electron chi connectivity index (χ0n) is 12.1. The first-order valence-corrected chi connectivity index (χ1v) is 7.88. The summed E-state index contributed by atoms with van der Waals surface area (Å²) in [5.41, 5.74) is 1.54. The van der Waals surface area contributed by atoms with Gasteiger partial charge in [-0.2, -0.15) is 0 Å². The second-order valence-corrected chi connectivity index (χ2v) is 6.37. The van der Waals surface area contributed by atoms with E-state index in [1.165, 1.54) is 25.8 Å². The molecule has 0 amide bonds. The molecular weight excluding hydrogens is 234 g/mol. The van der Waals surface area contributed by atoms with E-state index in [1.54, 1.807) is 5.70 Å². The Morgan fingerprint density at radius 2 is 2.16 bits per heavy atom. The molecule has 0 saturated carbocycles. The number of rotatable bonds is 2. The molecule has 0 aromatic heterocycles. The van der Waals surface area contributed by atoms with Gasteiger partial charge in [0.2, 0.25) is 0 Å². The molecule has 104 valence electrons. The van der Waals surface area contributed by atoms with Crippen LogP contribution in [-0.4, -0.2) is 23.3 Å².